The molecule has 0 fully saturated rings. The molecule has 0 aliphatic rings. The van der Waals surface area contributed by atoms with Gasteiger partial charge in [-0.25, -0.2) is 0 Å². The minimum absolute atomic E-state index is 0.279. The lowest BCUT2D eigenvalue weighted by Gasteiger charge is -2.18. The Bertz CT molecular complexity index is 900. The topological polar surface area (TPSA) is 51.4 Å². The highest BCUT2D eigenvalue weighted by Gasteiger charge is 2.29. The van der Waals surface area contributed by atoms with E-state index in [-0.39, 0.29) is 5.75 Å². The quantitative estimate of drug-likeness (QED) is 0.548. The lowest BCUT2D eigenvalue weighted by Crippen LogP contribution is -2.20. The Labute approximate surface area is 164 Å². The van der Waals surface area contributed by atoms with Gasteiger partial charge in [-0.15, -0.1) is 11.3 Å². The van der Waals surface area contributed by atoms with Gasteiger partial charge in [0.1, 0.15) is 5.75 Å². The van der Waals surface area contributed by atoms with Gasteiger partial charge in [-0.3, -0.25) is 4.90 Å². The molecule has 2 heterocycles. The van der Waals surface area contributed by atoms with Crippen LogP contribution in [0.4, 0.5) is 13.2 Å². The maximum Gasteiger partial charge on any atom is 0.422 e. The van der Waals surface area contributed by atoms with Crippen molar-refractivity contribution in [2.75, 3.05) is 13.7 Å². The van der Waals surface area contributed by atoms with E-state index in [0.717, 1.165) is 10.4 Å². The molecule has 0 aliphatic carbocycles. The van der Waals surface area contributed by atoms with Crippen molar-refractivity contribution in [1.29, 1.82) is 0 Å². The zero-order valence-electron chi connectivity index (χ0n) is 15.7. The standard InChI is InChI=1S/C19H20F3N3O2S/c1-12-7-14(8-13(2)17(12)26-11-19(20,21)22)9-25(3)10-16-23-18(24-27-16)15-5-4-6-28-15/h4-8H,9-11H2,1-3H3. The molecule has 3 rings (SSSR count). The predicted molar refractivity (Wildman–Crippen MR) is 100 cm³/mol. The molecular weight excluding hydrogens is 391 g/mol. The molecule has 2 aromatic heterocycles. The molecule has 0 radical (unpaired) electrons. The zero-order valence-corrected chi connectivity index (χ0v) is 16.5. The average Bonchev–Trinajstić information content (AvgIpc) is 3.23. The average molecular weight is 411 g/mol. The maximum atomic E-state index is 12.4. The van der Waals surface area contributed by atoms with E-state index in [1.54, 1.807) is 13.8 Å². The molecule has 5 nitrogen and oxygen atoms in total. The van der Waals surface area contributed by atoms with Crippen molar-refractivity contribution in [3.8, 4) is 16.5 Å². The summed E-state index contributed by atoms with van der Waals surface area (Å²) < 4.78 is 47.5. The molecule has 0 aliphatic heterocycles. The summed E-state index contributed by atoms with van der Waals surface area (Å²) in [4.78, 5) is 7.33. The number of alkyl halides is 3. The van der Waals surface area contributed by atoms with Crippen LogP contribution < -0.4 is 4.74 Å². The first kappa shape index (κ1) is 20.3. The third kappa shape index (κ3) is 5.32. The van der Waals surface area contributed by atoms with Gasteiger partial charge < -0.3 is 9.26 Å². The van der Waals surface area contributed by atoms with Crippen molar-refractivity contribution in [2.45, 2.75) is 33.1 Å². The van der Waals surface area contributed by atoms with Gasteiger partial charge >= 0.3 is 6.18 Å². The molecule has 0 N–H and O–H groups in total. The third-order valence-electron chi connectivity index (χ3n) is 3.97. The van der Waals surface area contributed by atoms with Gasteiger partial charge in [0.15, 0.2) is 6.61 Å². The summed E-state index contributed by atoms with van der Waals surface area (Å²) in [5.74, 6) is 1.35. The Morgan fingerprint density at radius 1 is 1.18 bits per heavy atom. The number of halogens is 3. The van der Waals surface area contributed by atoms with Gasteiger partial charge in [0, 0.05) is 6.54 Å². The summed E-state index contributed by atoms with van der Waals surface area (Å²) in [6.07, 6.45) is -4.36. The second-order valence-electron chi connectivity index (χ2n) is 6.62. The molecule has 0 saturated heterocycles. The SMILES string of the molecule is Cc1cc(CN(C)Cc2nc(-c3cccs3)no2)cc(C)c1OCC(F)(F)F. The van der Waals surface area contributed by atoms with Crippen molar-refractivity contribution in [1.82, 2.24) is 15.0 Å². The fraction of sp³-hybridized carbons (Fsp3) is 0.368. The number of nitrogens with zero attached hydrogens (tertiary/aromatic N) is 3. The van der Waals surface area contributed by atoms with Crippen molar-refractivity contribution >= 4 is 11.3 Å². The molecule has 1 aromatic carbocycles. The molecule has 28 heavy (non-hydrogen) atoms. The molecule has 0 atom stereocenters. The molecule has 0 spiro atoms. The van der Waals surface area contributed by atoms with E-state index in [4.69, 9.17) is 9.26 Å². The lowest BCUT2D eigenvalue weighted by molar-refractivity contribution is -0.153. The zero-order chi connectivity index (χ0) is 20.3. The highest BCUT2D eigenvalue weighted by Crippen LogP contribution is 2.28. The Morgan fingerprint density at radius 2 is 1.89 bits per heavy atom. The normalized spacial score (nSPS) is 12.0. The Hall–Kier alpha value is -2.39. The van der Waals surface area contributed by atoms with Crippen LogP contribution in [0.5, 0.6) is 5.75 Å². The van der Waals surface area contributed by atoms with Crippen molar-refractivity contribution in [3.05, 3.63) is 52.2 Å². The van der Waals surface area contributed by atoms with Crippen molar-refractivity contribution in [2.24, 2.45) is 0 Å². The van der Waals surface area contributed by atoms with Crippen molar-refractivity contribution < 1.29 is 22.4 Å². The van der Waals surface area contributed by atoms with Crippen LogP contribution in [0.1, 0.15) is 22.6 Å². The number of hydrogen-bond donors (Lipinski definition) is 0. The molecule has 9 heteroatoms. The van der Waals surface area contributed by atoms with Gasteiger partial charge in [0.25, 0.3) is 0 Å². The third-order valence-corrected chi connectivity index (χ3v) is 4.83. The van der Waals surface area contributed by atoms with E-state index in [1.807, 2.05) is 41.6 Å². The summed E-state index contributed by atoms with van der Waals surface area (Å²) >= 11 is 1.54. The van der Waals surface area contributed by atoms with E-state index < -0.39 is 12.8 Å². The summed E-state index contributed by atoms with van der Waals surface area (Å²) in [5.41, 5.74) is 2.31. The number of aromatic nitrogens is 2. The van der Waals surface area contributed by atoms with Crippen LogP contribution in [-0.2, 0) is 13.1 Å². The van der Waals surface area contributed by atoms with Crippen LogP contribution >= 0.6 is 11.3 Å². The van der Waals surface area contributed by atoms with Crippen molar-refractivity contribution in [3.63, 3.8) is 0 Å². The Kier molecular flexibility index (Phi) is 6.04. The summed E-state index contributed by atoms with van der Waals surface area (Å²) in [7, 11) is 1.91. The number of aryl methyl sites for hydroxylation is 2. The minimum atomic E-state index is -4.36. The van der Waals surface area contributed by atoms with Gasteiger partial charge in [-0.2, -0.15) is 18.2 Å². The number of hydrogen-bond acceptors (Lipinski definition) is 6. The molecular formula is C19H20F3N3O2S. The first-order valence-electron chi connectivity index (χ1n) is 8.56. The smallest absolute Gasteiger partial charge is 0.422 e. The fourth-order valence-corrected chi connectivity index (χ4v) is 3.59. The first-order valence-corrected chi connectivity index (χ1v) is 9.44. The van der Waals surface area contributed by atoms with E-state index in [2.05, 4.69) is 10.1 Å². The van der Waals surface area contributed by atoms with E-state index >= 15 is 0 Å². The fourth-order valence-electron chi connectivity index (χ4n) is 2.94. The van der Waals surface area contributed by atoms with E-state index in [1.165, 1.54) is 11.3 Å². The van der Waals surface area contributed by atoms with Crippen LogP contribution in [0.15, 0.2) is 34.2 Å². The number of ether oxygens (including phenoxy) is 1. The van der Waals surface area contributed by atoms with Crippen LogP contribution in [0, 0.1) is 13.8 Å². The minimum Gasteiger partial charge on any atom is -0.484 e. The monoisotopic (exact) mass is 411 g/mol. The summed E-state index contributed by atoms with van der Waals surface area (Å²) in [6, 6.07) is 7.52. The van der Waals surface area contributed by atoms with E-state index in [0.29, 0.717) is 35.9 Å². The van der Waals surface area contributed by atoms with Crippen LogP contribution in [0.25, 0.3) is 10.7 Å². The number of benzene rings is 1. The predicted octanol–water partition coefficient (Wildman–Crippen LogP) is 4.99. The molecule has 0 amide bonds. The lowest BCUT2D eigenvalue weighted by atomic mass is 10.1. The Balaban J connectivity index is 1.63. The van der Waals surface area contributed by atoms with Gasteiger partial charge in [-0.05, 0) is 49.0 Å². The van der Waals surface area contributed by atoms with Crippen LogP contribution in [-0.4, -0.2) is 34.9 Å². The van der Waals surface area contributed by atoms with E-state index in [9.17, 15) is 13.2 Å². The molecule has 3 aromatic rings. The number of thiophene rings is 1. The number of rotatable bonds is 7. The second-order valence-corrected chi connectivity index (χ2v) is 7.57. The molecule has 150 valence electrons. The van der Waals surface area contributed by atoms with Gasteiger partial charge in [0.2, 0.25) is 11.7 Å². The van der Waals surface area contributed by atoms with Crippen LogP contribution in [0.3, 0.4) is 0 Å². The summed E-state index contributed by atoms with van der Waals surface area (Å²) in [6.45, 7) is 3.24. The molecule has 0 unspecified atom stereocenters. The maximum absolute atomic E-state index is 12.4. The highest BCUT2D eigenvalue weighted by atomic mass is 32.1. The second kappa shape index (κ2) is 8.32. The summed E-state index contributed by atoms with van der Waals surface area (Å²) in [5, 5.41) is 5.94. The highest BCUT2D eigenvalue weighted by molar-refractivity contribution is 7.13. The van der Waals surface area contributed by atoms with Crippen LogP contribution in [0.2, 0.25) is 0 Å². The van der Waals surface area contributed by atoms with Gasteiger partial charge in [-0.1, -0.05) is 23.4 Å². The molecule has 0 bridgehead atoms. The molecule has 0 saturated carbocycles. The van der Waals surface area contributed by atoms with Gasteiger partial charge in [0.05, 0.1) is 11.4 Å². The first-order chi connectivity index (χ1) is 13.2. The Morgan fingerprint density at radius 3 is 2.50 bits per heavy atom. The largest absolute Gasteiger partial charge is 0.484 e.